The Balaban J connectivity index is 2.66. The average molecular weight is 158 g/mol. The van der Waals surface area contributed by atoms with Gasteiger partial charge in [0.05, 0.1) is 7.11 Å². The van der Waals surface area contributed by atoms with Crippen LogP contribution in [0.1, 0.15) is 12.8 Å². The molecule has 4 heteroatoms. The quantitative estimate of drug-likeness (QED) is 0.518. The largest absolute Gasteiger partial charge is 0.468 e. The summed E-state index contributed by atoms with van der Waals surface area (Å²) in [5, 5.41) is 3.07. The van der Waals surface area contributed by atoms with Crippen molar-refractivity contribution >= 4 is 5.97 Å². The molecule has 1 atom stereocenters. The third-order valence-corrected chi connectivity index (χ3v) is 2.17. The maximum Gasteiger partial charge on any atom is 0.327 e. The van der Waals surface area contributed by atoms with Crippen molar-refractivity contribution in [2.75, 3.05) is 20.2 Å². The molecule has 0 unspecified atom stereocenters. The summed E-state index contributed by atoms with van der Waals surface area (Å²) < 4.78 is 4.65. The van der Waals surface area contributed by atoms with E-state index in [4.69, 9.17) is 5.73 Å². The number of ether oxygens (including phenoxy) is 1. The lowest BCUT2D eigenvalue weighted by atomic mass is 9.98. The topological polar surface area (TPSA) is 64.3 Å². The van der Waals surface area contributed by atoms with E-state index in [0.717, 1.165) is 19.4 Å². The standard InChI is InChI=1S/C7H14N2O2/c1-11-6(10)7(5-8)3-2-4-9-7/h9H,2-5,8H2,1H3/t7-/m1/s1. The smallest absolute Gasteiger partial charge is 0.327 e. The zero-order valence-electron chi connectivity index (χ0n) is 6.72. The van der Waals surface area contributed by atoms with Crippen LogP contribution in [-0.4, -0.2) is 31.7 Å². The van der Waals surface area contributed by atoms with E-state index in [1.165, 1.54) is 7.11 Å². The number of hydrogen-bond donors (Lipinski definition) is 2. The van der Waals surface area contributed by atoms with Gasteiger partial charge in [0.15, 0.2) is 0 Å². The average Bonchev–Trinajstić information content (AvgIpc) is 2.52. The fourth-order valence-corrected chi connectivity index (χ4v) is 1.43. The van der Waals surface area contributed by atoms with Gasteiger partial charge in [0.1, 0.15) is 5.54 Å². The van der Waals surface area contributed by atoms with Crippen LogP contribution in [0.25, 0.3) is 0 Å². The first kappa shape index (κ1) is 8.49. The van der Waals surface area contributed by atoms with Gasteiger partial charge in [-0.2, -0.15) is 0 Å². The lowest BCUT2D eigenvalue weighted by molar-refractivity contribution is -0.147. The number of nitrogens with two attached hydrogens (primary N) is 1. The minimum atomic E-state index is -0.589. The first-order valence-electron chi connectivity index (χ1n) is 3.79. The van der Waals surface area contributed by atoms with Crippen molar-refractivity contribution in [3.05, 3.63) is 0 Å². The maximum atomic E-state index is 11.2. The maximum absolute atomic E-state index is 11.2. The molecule has 0 aromatic rings. The number of rotatable bonds is 2. The summed E-state index contributed by atoms with van der Waals surface area (Å²) >= 11 is 0. The van der Waals surface area contributed by atoms with Crippen molar-refractivity contribution in [2.45, 2.75) is 18.4 Å². The Bertz CT molecular complexity index is 153. The predicted molar refractivity (Wildman–Crippen MR) is 41.0 cm³/mol. The number of esters is 1. The number of methoxy groups -OCH3 is 1. The van der Waals surface area contributed by atoms with Crippen LogP contribution in [0, 0.1) is 0 Å². The van der Waals surface area contributed by atoms with Gasteiger partial charge in [-0.05, 0) is 19.4 Å². The van der Waals surface area contributed by atoms with Crippen LogP contribution in [0.15, 0.2) is 0 Å². The number of carbonyl (C=O) groups excluding carboxylic acids is 1. The Morgan fingerprint density at radius 3 is 2.91 bits per heavy atom. The second-order valence-corrected chi connectivity index (χ2v) is 2.81. The third kappa shape index (κ3) is 1.36. The van der Waals surface area contributed by atoms with Crippen LogP contribution in [0.3, 0.4) is 0 Å². The highest BCUT2D eigenvalue weighted by molar-refractivity contribution is 5.81. The second-order valence-electron chi connectivity index (χ2n) is 2.81. The van der Waals surface area contributed by atoms with Gasteiger partial charge in [-0.3, -0.25) is 4.79 Å². The van der Waals surface area contributed by atoms with E-state index in [1.807, 2.05) is 0 Å². The van der Waals surface area contributed by atoms with E-state index in [1.54, 1.807) is 0 Å². The molecule has 1 aliphatic heterocycles. The molecule has 0 aromatic carbocycles. The van der Waals surface area contributed by atoms with Crippen molar-refractivity contribution in [3.63, 3.8) is 0 Å². The fourth-order valence-electron chi connectivity index (χ4n) is 1.43. The Morgan fingerprint density at radius 2 is 2.55 bits per heavy atom. The van der Waals surface area contributed by atoms with Gasteiger partial charge < -0.3 is 15.8 Å². The van der Waals surface area contributed by atoms with Crippen LogP contribution in [0.5, 0.6) is 0 Å². The highest BCUT2D eigenvalue weighted by Gasteiger charge is 2.40. The highest BCUT2D eigenvalue weighted by Crippen LogP contribution is 2.18. The van der Waals surface area contributed by atoms with Gasteiger partial charge in [-0.1, -0.05) is 0 Å². The Morgan fingerprint density at radius 1 is 1.82 bits per heavy atom. The molecular weight excluding hydrogens is 144 g/mol. The molecule has 0 bridgehead atoms. The lowest BCUT2D eigenvalue weighted by Gasteiger charge is -2.23. The van der Waals surface area contributed by atoms with E-state index in [0.29, 0.717) is 6.54 Å². The third-order valence-electron chi connectivity index (χ3n) is 2.17. The van der Waals surface area contributed by atoms with Crippen molar-refractivity contribution < 1.29 is 9.53 Å². The van der Waals surface area contributed by atoms with Gasteiger partial charge in [-0.15, -0.1) is 0 Å². The molecule has 0 spiro atoms. The molecule has 3 N–H and O–H groups in total. The number of hydrogen-bond acceptors (Lipinski definition) is 4. The summed E-state index contributed by atoms with van der Waals surface area (Å²) in [6, 6.07) is 0. The minimum absolute atomic E-state index is 0.238. The molecule has 0 radical (unpaired) electrons. The van der Waals surface area contributed by atoms with Gasteiger partial charge >= 0.3 is 5.97 Å². The molecule has 0 saturated carbocycles. The molecule has 4 nitrogen and oxygen atoms in total. The monoisotopic (exact) mass is 158 g/mol. The normalized spacial score (nSPS) is 30.4. The Labute approximate surface area is 66.1 Å². The van der Waals surface area contributed by atoms with Crippen LogP contribution in [0.4, 0.5) is 0 Å². The van der Waals surface area contributed by atoms with Gasteiger partial charge in [0, 0.05) is 6.54 Å². The number of nitrogens with one attached hydrogen (secondary N) is 1. The summed E-state index contributed by atoms with van der Waals surface area (Å²) in [7, 11) is 1.39. The zero-order valence-corrected chi connectivity index (χ0v) is 6.72. The van der Waals surface area contributed by atoms with Crippen LogP contribution >= 0.6 is 0 Å². The van der Waals surface area contributed by atoms with E-state index in [9.17, 15) is 4.79 Å². The predicted octanol–water partition coefficient (Wildman–Crippen LogP) is -0.760. The van der Waals surface area contributed by atoms with Crippen molar-refractivity contribution in [1.82, 2.24) is 5.32 Å². The van der Waals surface area contributed by atoms with Gasteiger partial charge in [0.25, 0.3) is 0 Å². The summed E-state index contributed by atoms with van der Waals surface area (Å²) in [5.74, 6) is -0.238. The highest BCUT2D eigenvalue weighted by atomic mass is 16.5. The van der Waals surface area contributed by atoms with Gasteiger partial charge in [0.2, 0.25) is 0 Å². The lowest BCUT2D eigenvalue weighted by Crippen LogP contribution is -2.53. The second kappa shape index (κ2) is 3.19. The summed E-state index contributed by atoms with van der Waals surface area (Å²) in [6.45, 7) is 1.17. The van der Waals surface area contributed by atoms with E-state index in [2.05, 4.69) is 10.1 Å². The molecule has 0 aromatic heterocycles. The molecule has 1 saturated heterocycles. The Hall–Kier alpha value is -0.610. The summed E-state index contributed by atoms with van der Waals surface area (Å²) in [5.41, 5.74) is 4.89. The molecule has 1 rings (SSSR count). The summed E-state index contributed by atoms with van der Waals surface area (Å²) in [6.07, 6.45) is 1.78. The molecule has 0 amide bonds. The van der Waals surface area contributed by atoms with E-state index in [-0.39, 0.29) is 5.97 Å². The van der Waals surface area contributed by atoms with Crippen molar-refractivity contribution in [1.29, 1.82) is 0 Å². The first-order valence-corrected chi connectivity index (χ1v) is 3.79. The van der Waals surface area contributed by atoms with Crippen LogP contribution in [-0.2, 0) is 9.53 Å². The first-order chi connectivity index (χ1) is 5.25. The van der Waals surface area contributed by atoms with Crippen LogP contribution in [0.2, 0.25) is 0 Å². The number of carbonyl (C=O) groups is 1. The summed E-state index contributed by atoms with van der Waals surface area (Å²) in [4.78, 5) is 11.2. The zero-order chi connectivity index (χ0) is 8.32. The Kier molecular flexibility index (Phi) is 2.46. The molecular formula is C7H14N2O2. The minimum Gasteiger partial charge on any atom is -0.468 e. The van der Waals surface area contributed by atoms with Gasteiger partial charge in [-0.25, -0.2) is 0 Å². The molecule has 1 fully saturated rings. The SMILES string of the molecule is COC(=O)[C@]1(CN)CCCN1. The molecule has 11 heavy (non-hydrogen) atoms. The van der Waals surface area contributed by atoms with E-state index >= 15 is 0 Å². The van der Waals surface area contributed by atoms with Crippen LogP contribution < -0.4 is 11.1 Å². The van der Waals surface area contributed by atoms with Crippen molar-refractivity contribution in [3.8, 4) is 0 Å². The van der Waals surface area contributed by atoms with Crippen molar-refractivity contribution in [2.24, 2.45) is 5.73 Å². The van der Waals surface area contributed by atoms with E-state index < -0.39 is 5.54 Å². The molecule has 1 heterocycles. The molecule has 0 aliphatic carbocycles. The molecule has 1 aliphatic rings. The molecule has 64 valence electrons. The fraction of sp³-hybridized carbons (Fsp3) is 0.857.